The highest BCUT2D eigenvalue weighted by Gasteiger charge is 2.18. The number of aromatic amines is 1. The molecule has 3 aromatic carbocycles. The van der Waals surface area contributed by atoms with E-state index >= 15 is 4.39 Å². The van der Waals surface area contributed by atoms with Crippen molar-refractivity contribution in [3.8, 4) is 11.1 Å². The lowest BCUT2D eigenvalue weighted by Crippen LogP contribution is -2.18. The topological polar surface area (TPSA) is 66.5 Å². The van der Waals surface area contributed by atoms with Gasteiger partial charge in [-0.2, -0.15) is 0 Å². The summed E-state index contributed by atoms with van der Waals surface area (Å²) < 4.78 is 15.5. The molecule has 0 amide bonds. The van der Waals surface area contributed by atoms with Gasteiger partial charge in [0.1, 0.15) is 17.2 Å². The molecule has 0 spiro atoms. The molecule has 0 aliphatic rings. The van der Waals surface area contributed by atoms with E-state index in [1.165, 1.54) is 5.57 Å². The lowest BCUT2D eigenvalue weighted by molar-refractivity contribution is 0.621. The van der Waals surface area contributed by atoms with Crippen LogP contribution in [0.2, 0.25) is 0 Å². The Morgan fingerprint density at radius 2 is 1.58 bits per heavy atom. The van der Waals surface area contributed by atoms with Gasteiger partial charge in [-0.25, -0.2) is 9.37 Å². The van der Waals surface area contributed by atoms with E-state index < -0.39 is 0 Å². The van der Waals surface area contributed by atoms with Crippen molar-refractivity contribution >= 4 is 38.5 Å². The molecule has 0 radical (unpaired) electrons. The summed E-state index contributed by atoms with van der Waals surface area (Å²) in [5.74, 6) is 1.22. The Balaban J connectivity index is 1.62. The highest BCUT2D eigenvalue weighted by atomic mass is 19.1. The van der Waals surface area contributed by atoms with Crippen LogP contribution in [0, 0.1) is 11.7 Å². The standard InChI is InChI=1S/C32H34FN5/c1-8-26(36-27(17(2)3)18(4)5)23-12-10-21(16-25(23)33)20-9-11-22-24(15-20)28-30(35-14-13-34-28)31-29(22)37-32(38-31)19(6)7/h8-17,19,36H,1-7H3,(H,37,38)/b26-8-. The number of imidazole rings is 1. The highest BCUT2D eigenvalue weighted by molar-refractivity contribution is 6.21. The fourth-order valence-electron chi connectivity index (χ4n) is 5.08. The largest absolute Gasteiger partial charge is 0.358 e. The zero-order valence-electron chi connectivity index (χ0n) is 23.1. The number of aromatic nitrogens is 4. The van der Waals surface area contributed by atoms with Crippen molar-refractivity contribution in [2.45, 2.75) is 54.4 Å². The quantitative estimate of drug-likeness (QED) is 0.226. The van der Waals surface area contributed by atoms with Crippen LogP contribution in [-0.4, -0.2) is 19.9 Å². The first-order valence-corrected chi connectivity index (χ1v) is 13.2. The Morgan fingerprint density at radius 3 is 2.21 bits per heavy atom. The van der Waals surface area contributed by atoms with Crippen LogP contribution in [0.4, 0.5) is 4.39 Å². The van der Waals surface area contributed by atoms with Gasteiger partial charge < -0.3 is 10.3 Å². The van der Waals surface area contributed by atoms with Crippen molar-refractivity contribution < 1.29 is 4.39 Å². The van der Waals surface area contributed by atoms with E-state index in [2.05, 4.69) is 73.9 Å². The first kappa shape index (κ1) is 25.6. The summed E-state index contributed by atoms with van der Waals surface area (Å²) in [4.78, 5) is 17.6. The van der Waals surface area contributed by atoms with E-state index in [1.807, 2.05) is 31.2 Å². The Morgan fingerprint density at radius 1 is 0.895 bits per heavy atom. The van der Waals surface area contributed by atoms with Crippen LogP contribution in [0.1, 0.15) is 65.8 Å². The number of fused-ring (bicyclic) bond motifs is 6. The van der Waals surface area contributed by atoms with Gasteiger partial charge >= 0.3 is 0 Å². The van der Waals surface area contributed by atoms with Gasteiger partial charge in [-0.1, -0.05) is 57.5 Å². The number of nitrogens with one attached hydrogen (secondary N) is 2. The average Bonchev–Trinajstić information content (AvgIpc) is 3.35. The summed E-state index contributed by atoms with van der Waals surface area (Å²) in [5.41, 5.74) is 8.70. The number of rotatable bonds is 6. The number of H-pyrrole nitrogens is 1. The van der Waals surface area contributed by atoms with Crippen LogP contribution in [0.3, 0.4) is 0 Å². The minimum absolute atomic E-state index is 0.259. The van der Waals surface area contributed by atoms with E-state index in [0.717, 1.165) is 61.2 Å². The molecule has 0 fully saturated rings. The molecule has 0 bridgehead atoms. The number of nitrogens with zero attached hydrogens (tertiary/aromatic N) is 3. The second kappa shape index (κ2) is 10.0. The Hall–Kier alpha value is -4.06. The number of halogens is 1. The molecule has 194 valence electrons. The molecule has 0 aliphatic carbocycles. The first-order valence-electron chi connectivity index (χ1n) is 13.2. The molecule has 5 nitrogen and oxygen atoms in total. The van der Waals surface area contributed by atoms with Crippen LogP contribution < -0.4 is 5.32 Å². The second-order valence-corrected chi connectivity index (χ2v) is 10.6. The zero-order valence-corrected chi connectivity index (χ0v) is 23.1. The molecule has 2 N–H and O–H groups in total. The maximum Gasteiger partial charge on any atom is 0.133 e. The molecule has 0 saturated heterocycles. The van der Waals surface area contributed by atoms with E-state index in [-0.39, 0.29) is 11.7 Å². The molecule has 5 aromatic rings. The number of benzene rings is 3. The van der Waals surface area contributed by atoms with E-state index in [4.69, 9.17) is 4.98 Å². The maximum atomic E-state index is 15.5. The maximum absolute atomic E-state index is 15.5. The van der Waals surface area contributed by atoms with Gasteiger partial charge in [0, 0.05) is 46.0 Å². The molecule has 38 heavy (non-hydrogen) atoms. The summed E-state index contributed by atoms with van der Waals surface area (Å²) >= 11 is 0. The van der Waals surface area contributed by atoms with Crippen molar-refractivity contribution in [3.05, 3.63) is 83.3 Å². The van der Waals surface area contributed by atoms with Crippen molar-refractivity contribution in [2.75, 3.05) is 0 Å². The van der Waals surface area contributed by atoms with Gasteiger partial charge in [-0.15, -0.1) is 0 Å². The van der Waals surface area contributed by atoms with Crippen LogP contribution >= 0.6 is 0 Å². The Bertz CT molecular complexity index is 1740. The minimum atomic E-state index is -0.269. The van der Waals surface area contributed by atoms with Crippen LogP contribution in [-0.2, 0) is 0 Å². The number of hydrogen-bond donors (Lipinski definition) is 2. The molecule has 2 heterocycles. The summed E-state index contributed by atoms with van der Waals surface area (Å²) in [6.07, 6.45) is 5.33. The van der Waals surface area contributed by atoms with Gasteiger partial charge in [0.2, 0.25) is 0 Å². The average molecular weight is 508 g/mol. The van der Waals surface area contributed by atoms with Gasteiger partial charge in [-0.05, 0) is 56.0 Å². The van der Waals surface area contributed by atoms with Crippen molar-refractivity contribution in [1.82, 2.24) is 25.3 Å². The van der Waals surface area contributed by atoms with Gasteiger partial charge in [0.05, 0.1) is 16.6 Å². The Labute approximate surface area is 222 Å². The molecular formula is C32H34FN5. The smallest absolute Gasteiger partial charge is 0.133 e. The minimum Gasteiger partial charge on any atom is -0.358 e. The molecule has 0 aliphatic heterocycles. The third-order valence-electron chi connectivity index (χ3n) is 7.00. The normalized spacial score (nSPS) is 12.3. The van der Waals surface area contributed by atoms with Crippen molar-refractivity contribution in [1.29, 1.82) is 0 Å². The molecule has 5 rings (SSSR count). The highest BCUT2D eigenvalue weighted by Crippen LogP contribution is 2.36. The second-order valence-electron chi connectivity index (χ2n) is 10.6. The van der Waals surface area contributed by atoms with Crippen molar-refractivity contribution in [2.24, 2.45) is 5.92 Å². The molecule has 0 atom stereocenters. The van der Waals surface area contributed by atoms with Gasteiger partial charge in [0.25, 0.3) is 0 Å². The summed E-state index contributed by atoms with van der Waals surface area (Å²) in [6, 6.07) is 11.6. The Kier molecular flexibility index (Phi) is 6.74. The fourth-order valence-corrected chi connectivity index (χ4v) is 5.08. The third-order valence-corrected chi connectivity index (χ3v) is 7.00. The molecule has 6 heteroatoms. The van der Waals surface area contributed by atoms with Crippen LogP contribution in [0.5, 0.6) is 0 Å². The summed E-state index contributed by atoms with van der Waals surface area (Å²) in [5, 5.41) is 5.42. The van der Waals surface area contributed by atoms with E-state index in [0.29, 0.717) is 11.5 Å². The van der Waals surface area contributed by atoms with Crippen LogP contribution in [0.25, 0.3) is 49.7 Å². The van der Waals surface area contributed by atoms with Gasteiger partial charge in [-0.3, -0.25) is 9.97 Å². The predicted molar refractivity (Wildman–Crippen MR) is 156 cm³/mol. The fraction of sp³-hybridized carbons (Fsp3) is 0.281. The SMILES string of the molecule is C/C=C(\NC(=C(C)C)C(C)C)c1ccc(-c2ccc3c(c2)c2nccnc2c2[nH]c(C(C)C)nc32)cc1F. The number of hydrogen-bond acceptors (Lipinski definition) is 4. The van der Waals surface area contributed by atoms with Crippen molar-refractivity contribution in [3.63, 3.8) is 0 Å². The lowest BCUT2D eigenvalue weighted by atomic mass is 9.97. The molecule has 0 saturated carbocycles. The van der Waals surface area contributed by atoms with Crippen LogP contribution in [0.15, 0.2) is 66.1 Å². The molecule has 0 unspecified atom stereocenters. The molecule has 2 aromatic heterocycles. The third kappa shape index (κ3) is 4.44. The monoisotopic (exact) mass is 507 g/mol. The first-order chi connectivity index (χ1) is 18.2. The number of allylic oxidation sites excluding steroid dienone is 3. The molecular weight excluding hydrogens is 473 g/mol. The predicted octanol–water partition coefficient (Wildman–Crippen LogP) is 8.49. The summed E-state index contributed by atoms with van der Waals surface area (Å²) in [7, 11) is 0. The van der Waals surface area contributed by atoms with E-state index in [1.54, 1.807) is 18.5 Å². The summed E-state index contributed by atoms with van der Waals surface area (Å²) in [6.45, 7) is 14.6. The van der Waals surface area contributed by atoms with Gasteiger partial charge in [0.15, 0.2) is 0 Å². The van der Waals surface area contributed by atoms with E-state index in [9.17, 15) is 0 Å². The zero-order chi connectivity index (χ0) is 27.1. The lowest BCUT2D eigenvalue weighted by Gasteiger charge is -2.20.